The maximum Gasteiger partial charge on any atom is 0.123 e. The molecule has 0 saturated carbocycles. The Morgan fingerprint density at radius 3 is 3.00 bits per heavy atom. The Morgan fingerprint density at radius 2 is 2.15 bits per heavy atom. The highest BCUT2D eigenvalue weighted by Crippen LogP contribution is 2.29. The van der Waals surface area contributed by atoms with Crippen molar-refractivity contribution in [2.75, 3.05) is 11.9 Å². The highest BCUT2D eigenvalue weighted by Gasteiger charge is 2.23. The van der Waals surface area contributed by atoms with E-state index in [0.717, 1.165) is 17.0 Å². The van der Waals surface area contributed by atoms with E-state index in [0.29, 0.717) is 18.5 Å². The van der Waals surface area contributed by atoms with Crippen LogP contribution in [0, 0.1) is 17.1 Å². The Bertz CT molecular complexity index is 678. The van der Waals surface area contributed by atoms with Gasteiger partial charge in [0.05, 0.1) is 17.8 Å². The van der Waals surface area contributed by atoms with Crippen LogP contribution in [0.2, 0.25) is 0 Å². The van der Waals surface area contributed by atoms with Gasteiger partial charge in [-0.1, -0.05) is 12.1 Å². The van der Waals surface area contributed by atoms with Gasteiger partial charge in [0.25, 0.3) is 0 Å². The molecule has 2 aromatic rings. The molecule has 0 spiro atoms. The number of nitrogens with zero attached hydrogens (tertiary/aromatic N) is 1. The van der Waals surface area contributed by atoms with Crippen molar-refractivity contribution in [1.29, 1.82) is 5.26 Å². The first-order valence-electron chi connectivity index (χ1n) is 6.44. The van der Waals surface area contributed by atoms with Crippen molar-refractivity contribution in [2.45, 2.75) is 12.5 Å². The molecule has 1 heterocycles. The first-order chi connectivity index (χ1) is 9.76. The SMILES string of the molecule is N#Cc1ccccc1NCC1Cc2cc(F)ccc2O1. The molecule has 0 amide bonds. The van der Waals surface area contributed by atoms with E-state index in [2.05, 4.69) is 11.4 Å². The first kappa shape index (κ1) is 12.5. The van der Waals surface area contributed by atoms with Crippen molar-refractivity contribution >= 4 is 5.69 Å². The molecule has 0 aromatic heterocycles. The molecule has 0 saturated heterocycles. The fourth-order valence-corrected chi connectivity index (χ4v) is 2.36. The summed E-state index contributed by atoms with van der Waals surface area (Å²) in [6.45, 7) is 0.578. The number of ether oxygens (including phenoxy) is 1. The third-order valence-electron chi connectivity index (χ3n) is 3.33. The third kappa shape index (κ3) is 2.43. The van der Waals surface area contributed by atoms with Gasteiger partial charge in [0.15, 0.2) is 0 Å². The number of hydrogen-bond acceptors (Lipinski definition) is 3. The Labute approximate surface area is 116 Å². The van der Waals surface area contributed by atoms with Gasteiger partial charge in [-0.2, -0.15) is 5.26 Å². The Morgan fingerprint density at radius 1 is 1.30 bits per heavy atom. The minimum absolute atomic E-state index is 0.0430. The number of benzene rings is 2. The highest BCUT2D eigenvalue weighted by molar-refractivity contribution is 5.57. The predicted octanol–water partition coefficient (Wildman–Crippen LogP) is 3.11. The average Bonchev–Trinajstić information content (AvgIpc) is 2.87. The molecule has 0 radical (unpaired) electrons. The quantitative estimate of drug-likeness (QED) is 0.930. The van der Waals surface area contributed by atoms with Crippen LogP contribution in [0.4, 0.5) is 10.1 Å². The van der Waals surface area contributed by atoms with E-state index < -0.39 is 0 Å². The van der Waals surface area contributed by atoms with Crippen molar-refractivity contribution in [3.8, 4) is 11.8 Å². The van der Waals surface area contributed by atoms with E-state index in [-0.39, 0.29) is 11.9 Å². The molecule has 0 fully saturated rings. The number of halogens is 1. The lowest BCUT2D eigenvalue weighted by atomic mass is 10.1. The van der Waals surface area contributed by atoms with Gasteiger partial charge in [-0.25, -0.2) is 4.39 Å². The minimum atomic E-state index is -0.240. The van der Waals surface area contributed by atoms with Crippen LogP contribution >= 0.6 is 0 Å². The van der Waals surface area contributed by atoms with Crippen LogP contribution in [0.5, 0.6) is 5.75 Å². The second kappa shape index (κ2) is 5.22. The number of anilines is 1. The van der Waals surface area contributed by atoms with Gasteiger partial charge >= 0.3 is 0 Å². The van der Waals surface area contributed by atoms with Gasteiger partial charge in [-0.05, 0) is 30.3 Å². The molecule has 3 rings (SSSR count). The monoisotopic (exact) mass is 268 g/mol. The van der Waals surface area contributed by atoms with Gasteiger partial charge in [0.2, 0.25) is 0 Å². The Kier molecular flexibility index (Phi) is 3.26. The summed E-state index contributed by atoms with van der Waals surface area (Å²) in [6.07, 6.45) is 0.632. The lowest BCUT2D eigenvalue weighted by Crippen LogP contribution is -2.24. The second-order valence-corrected chi connectivity index (χ2v) is 4.73. The smallest absolute Gasteiger partial charge is 0.123 e. The summed E-state index contributed by atoms with van der Waals surface area (Å²) in [7, 11) is 0. The second-order valence-electron chi connectivity index (χ2n) is 4.73. The van der Waals surface area contributed by atoms with E-state index in [1.807, 2.05) is 18.2 Å². The van der Waals surface area contributed by atoms with E-state index in [4.69, 9.17) is 10.00 Å². The van der Waals surface area contributed by atoms with Crippen LogP contribution in [-0.2, 0) is 6.42 Å². The molecule has 100 valence electrons. The molecule has 0 aliphatic carbocycles. The topological polar surface area (TPSA) is 45.0 Å². The molecular formula is C16H13FN2O. The summed E-state index contributed by atoms with van der Waals surface area (Å²) in [6, 6.07) is 14.1. The van der Waals surface area contributed by atoms with E-state index in [1.165, 1.54) is 12.1 Å². The van der Waals surface area contributed by atoms with Crippen LogP contribution < -0.4 is 10.1 Å². The summed E-state index contributed by atoms with van der Waals surface area (Å²) in [5, 5.41) is 12.2. The largest absolute Gasteiger partial charge is 0.488 e. The summed E-state index contributed by atoms with van der Waals surface area (Å²) >= 11 is 0. The Balaban J connectivity index is 1.66. The molecular weight excluding hydrogens is 255 g/mol. The van der Waals surface area contributed by atoms with E-state index in [1.54, 1.807) is 12.1 Å². The molecule has 1 aliphatic heterocycles. The van der Waals surface area contributed by atoms with Crippen molar-refractivity contribution in [3.63, 3.8) is 0 Å². The number of fused-ring (bicyclic) bond motifs is 1. The van der Waals surface area contributed by atoms with Crippen molar-refractivity contribution < 1.29 is 9.13 Å². The Hall–Kier alpha value is -2.54. The van der Waals surface area contributed by atoms with Crippen LogP contribution in [-0.4, -0.2) is 12.6 Å². The predicted molar refractivity (Wildman–Crippen MR) is 74.2 cm³/mol. The molecule has 3 nitrogen and oxygen atoms in total. The first-order valence-corrected chi connectivity index (χ1v) is 6.44. The minimum Gasteiger partial charge on any atom is -0.488 e. The van der Waals surface area contributed by atoms with Crippen LogP contribution in [0.1, 0.15) is 11.1 Å². The fourth-order valence-electron chi connectivity index (χ4n) is 2.36. The number of para-hydroxylation sites is 1. The normalized spacial score (nSPS) is 16.1. The zero-order chi connectivity index (χ0) is 13.9. The number of rotatable bonds is 3. The lowest BCUT2D eigenvalue weighted by Gasteiger charge is -2.13. The van der Waals surface area contributed by atoms with Gasteiger partial charge in [-0.3, -0.25) is 0 Å². The maximum absolute atomic E-state index is 13.1. The van der Waals surface area contributed by atoms with Crippen molar-refractivity contribution in [2.24, 2.45) is 0 Å². The fraction of sp³-hybridized carbons (Fsp3) is 0.188. The highest BCUT2D eigenvalue weighted by atomic mass is 19.1. The molecule has 1 atom stereocenters. The van der Waals surface area contributed by atoms with Crippen molar-refractivity contribution in [3.05, 3.63) is 59.4 Å². The molecule has 4 heteroatoms. The van der Waals surface area contributed by atoms with Crippen LogP contribution in [0.25, 0.3) is 0 Å². The third-order valence-corrected chi connectivity index (χ3v) is 3.33. The summed E-state index contributed by atoms with van der Waals surface area (Å²) in [4.78, 5) is 0. The van der Waals surface area contributed by atoms with Gasteiger partial charge in [0.1, 0.15) is 23.7 Å². The summed E-state index contributed by atoms with van der Waals surface area (Å²) in [5.74, 6) is 0.502. The molecule has 20 heavy (non-hydrogen) atoms. The number of hydrogen-bond donors (Lipinski definition) is 1. The molecule has 0 bridgehead atoms. The molecule has 1 unspecified atom stereocenters. The van der Waals surface area contributed by atoms with Gasteiger partial charge < -0.3 is 10.1 Å². The molecule has 1 N–H and O–H groups in total. The molecule has 2 aromatic carbocycles. The maximum atomic E-state index is 13.1. The van der Waals surface area contributed by atoms with Crippen molar-refractivity contribution in [1.82, 2.24) is 0 Å². The van der Waals surface area contributed by atoms with Crippen LogP contribution in [0.15, 0.2) is 42.5 Å². The van der Waals surface area contributed by atoms with E-state index in [9.17, 15) is 4.39 Å². The number of nitrogens with one attached hydrogen (secondary N) is 1. The zero-order valence-electron chi connectivity index (χ0n) is 10.8. The lowest BCUT2D eigenvalue weighted by molar-refractivity contribution is 0.246. The van der Waals surface area contributed by atoms with Crippen LogP contribution in [0.3, 0.4) is 0 Å². The van der Waals surface area contributed by atoms with E-state index >= 15 is 0 Å². The number of nitriles is 1. The molecule has 1 aliphatic rings. The van der Waals surface area contributed by atoms with Gasteiger partial charge in [0, 0.05) is 12.0 Å². The summed E-state index contributed by atoms with van der Waals surface area (Å²) < 4.78 is 18.9. The standard InChI is InChI=1S/C16H13FN2O/c17-13-5-6-16-12(7-13)8-14(20-16)10-19-15-4-2-1-3-11(15)9-18/h1-7,14,19H,8,10H2. The average molecular weight is 268 g/mol. The summed E-state index contributed by atoms with van der Waals surface area (Å²) in [5.41, 5.74) is 2.29. The zero-order valence-corrected chi connectivity index (χ0v) is 10.8. The van der Waals surface area contributed by atoms with Gasteiger partial charge in [-0.15, -0.1) is 0 Å².